The van der Waals surface area contributed by atoms with Gasteiger partial charge in [0, 0.05) is 31.6 Å². The van der Waals surface area contributed by atoms with Crippen LogP contribution in [0.5, 0.6) is 0 Å². The second-order valence-electron chi connectivity index (χ2n) is 5.67. The Hall–Kier alpha value is -0.830. The van der Waals surface area contributed by atoms with E-state index in [0.29, 0.717) is 12.0 Å². The fourth-order valence-corrected chi connectivity index (χ4v) is 2.61. The number of hydrogen-bond donors (Lipinski definition) is 2. The summed E-state index contributed by atoms with van der Waals surface area (Å²) in [6.45, 7) is 3.22. The van der Waals surface area contributed by atoms with Gasteiger partial charge in [-0.05, 0) is 30.2 Å². The number of likely N-dealkylation sites (N-methyl/N-ethyl adjacent to an activating group) is 1. The number of nitrogens with zero attached hydrogens (tertiary/aromatic N) is 2. The zero-order chi connectivity index (χ0) is 15.2. The molecule has 1 saturated carbocycles. The molecule has 0 saturated heterocycles. The zero-order valence-corrected chi connectivity index (χ0v) is 16.5. The Balaban J connectivity index is 0.00000242. The third-order valence-corrected chi connectivity index (χ3v) is 4.48. The van der Waals surface area contributed by atoms with Crippen LogP contribution in [0, 0.1) is 5.92 Å². The number of hydrogen-bond acceptors (Lipinski definition) is 3. The van der Waals surface area contributed by atoms with Crippen LogP contribution in [-0.2, 0) is 11.2 Å². The topological polar surface area (TPSA) is 56.7 Å². The van der Waals surface area contributed by atoms with Gasteiger partial charge in [0.15, 0.2) is 5.96 Å². The summed E-state index contributed by atoms with van der Waals surface area (Å²) in [4.78, 5) is 18.9. The molecule has 1 amide bonds. The molecule has 2 atom stereocenters. The second-order valence-corrected chi connectivity index (χ2v) is 6.71. The number of thiophene rings is 1. The molecular formula is C15H25IN4OS. The van der Waals surface area contributed by atoms with Crippen LogP contribution in [-0.4, -0.2) is 50.0 Å². The van der Waals surface area contributed by atoms with Crippen molar-refractivity contribution in [3.8, 4) is 0 Å². The molecular weight excluding hydrogens is 411 g/mol. The van der Waals surface area contributed by atoms with Crippen LogP contribution in [0.25, 0.3) is 0 Å². The number of carbonyl (C=O) groups excluding carboxylic acids is 1. The summed E-state index contributed by atoms with van der Waals surface area (Å²) in [7, 11) is 3.50. The predicted molar refractivity (Wildman–Crippen MR) is 103 cm³/mol. The van der Waals surface area contributed by atoms with Crippen molar-refractivity contribution in [2.45, 2.75) is 25.8 Å². The maximum atomic E-state index is 11.6. The molecule has 2 rings (SSSR count). The quantitative estimate of drug-likeness (QED) is 0.407. The third kappa shape index (κ3) is 6.51. The van der Waals surface area contributed by atoms with E-state index in [-0.39, 0.29) is 36.4 Å². The molecule has 2 unspecified atom stereocenters. The normalized spacial score (nSPS) is 20.0. The van der Waals surface area contributed by atoms with Gasteiger partial charge in [0.1, 0.15) is 6.54 Å². The molecule has 0 aromatic carbocycles. The highest BCUT2D eigenvalue weighted by molar-refractivity contribution is 14.0. The first-order valence-corrected chi connectivity index (χ1v) is 8.21. The van der Waals surface area contributed by atoms with Crippen molar-refractivity contribution in [3.05, 3.63) is 22.4 Å². The molecule has 22 heavy (non-hydrogen) atoms. The fourth-order valence-electron chi connectivity index (χ4n) is 1.90. The summed E-state index contributed by atoms with van der Waals surface area (Å²) in [5.74, 6) is 1.45. The van der Waals surface area contributed by atoms with Crippen molar-refractivity contribution in [2.75, 3.05) is 27.2 Å². The average molecular weight is 436 g/mol. The van der Waals surface area contributed by atoms with Crippen LogP contribution in [0.1, 0.15) is 18.2 Å². The molecule has 1 aliphatic rings. The van der Waals surface area contributed by atoms with Crippen molar-refractivity contribution in [1.29, 1.82) is 0 Å². The lowest BCUT2D eigenvalue weighted by Gasteiger charge is -2.13. The largest absolute Gasteiger partial charge is 0.356 e. The highest BCUT2D eigenvalue weighted by Crippen LogP contribution is 2.28. The summed E-state index contributed by atoms with van der Waals surface area (Å²) in [6, 6.07) is 4.69. The molecule has 0 spiro atoms. The van der Waals surface area contributed by atoms with E-state index in [9.17, 15) is 4.79 Å². The molecule has 2 N–H and O–H groups in total. The molecule has 1 aromatic heterocycles. The maximum absolute atomic E-state index is 11.6. The summed E-state index contributed by atoms with van der Waals surface area (Å²) in [5, 5.41) is 8.79. The van der Waals surface area contributed by atoms with Crippen molar-refractivity contribution in [3.63, 3.8) is 0 Å². The van der Waals surface area contributed by atoms with E-state index in [4.69, 9.17) is 0 Å². The predicted octanol–water partition coefficient (Wildman–Crippen LogP) is 1.94. The van der Waals surface area contributed by atoms with Crippen LogP contribution in [0.3, 0.4) is 0 Å². The zero-order valence-electron chi connectivity index (χ0n) is 13.3. The molecule has 1 fully saturated rings. The van der Waals surface area contributed by atoms with Gasteiger partial charge in [0.25, 0.3) is 0 Å². The number of guanidine groups is 1. The first-order valence-electron chi connectivity index (χ1n) is 7.33. The van der Waals surface area contributed by atoms with Gasteiger partial charge in [0.05, 0.1) is 0 Å². The van der Waals surface area contributed by atoms with Gasteiger partial charge < -0.3 is 15.5 Å². The summed E-state index contributed by atoms with van der Waals surface area (Å²) in [5.41, 5.74) is 0. The summed E-state index contributed by atoms with van der Waals surface area (Å²) in [6.07, 6.45) is 2.15. The van der Waals surface area contributed by atoms with E-state index in [1.54, 1.807) is 30.3 Å². The van der Waals surface area contributed by atoms with E-state index in [2.05, 4.69) is 40.1 Å². The number of aliphatic imine (C=N–C) groups is 1. The lowest BCUT2D eigenvalue weighted by molar-refractivity contribution is -0.127. The molecule has 0 aliphatic heterocycles. The van der Waals surface area contributed by atoms with Gasteiger partial charge in [-0.1, -0.05) is 13.0 Å². The fraction of sp³-hybridized carbons (Fsp3) is 0.600. The van der Waals surface area contributed by atoms with Gasteiger partial charge >= 0.3 is 0 Å². The van der Waals surface area contributed by atoms with Crippen LogP contribution < -0.4 is 10.6 Å². The first-order chi connectivity index (χ1) is 10.1. The third-order valence-electron chi connectivity index (χ3n) is 3.55. The molecule has 7 heteroatoms. The smallest absolute Gasteiger partial charge is 0.243 e. The van der Waals surface area contributed by atoms with Crippen molar-refractivity contribution in [2.24, 2.45) is 10.9 Å². The van der Waals surface area contributed by atoms with Crippen LogP contribution >= 0.6 is 35.3 Å². The SMILES string of the molecule is CC1CC1NC(=NCC(=O)N(C)C)NCCc1cccs1.I. The number of amides is 1. The number of halogens is 1. The van der Waals surface area contributed by atoms with E-state index in [1.165, 1.54) is 11.3 Å². The second kappa shape index (κ2) is 9.34. The Morgan fingerprint density at radius 2 is 2.23 bits per heavy atom. The van der Waals surface area contributed by atoms with Gasteiger partial charge in [-0.15, -0.1) is 35.3 Å². The number of rotatable bonds is 6. The number of carbonyl (C=O) groups is 1. The Bertz CT molecular complexity index is 490. The monoisotopic (exact) mass is 436 g/mol. The van der Waals surface area contributed by atoms with E-state index >= 15 is 0 Å². The van der Waals surface area contributed by atoms with Crippen LogP contribution in [0.4, 0.5) is 0 Å². The molecule has 0 bridgehead atoms. The summed E-state index contributed by atoms with van der Waals surface area (Å²) >= 11 is 1.76. The van der Waals surface area contributed by atoms with E-state index in [0.717, 1.165) is 18.9 Å². The lowest BCUT2D eigenvalue weighted by Crippen LogP contribution is -2.41. The maximum Gasteiger partial charge on any atom is 0.243 e. The number of nitrogens with one attached hydrogen (secondary N) is 2. The Labute approximate surface area is 153 Å². The lowest BCUT2D eigenvalue weighted by atomic mass is 10.3. The van der Waals surface area contributed by atoms with Crippen LogP contribution in [0.15, 0.2) is 22.5 Å². The molecule has 1 aliphatic carbocycles. The minimum absolute atomic E-state index is 0. The van der Waals surface area contributed by atoms with E-state index in [1.807, 2.05) is 0 Å². The van der Waals surface area contributed by atoms with Crippen molar-refractivity contribution in [1.82, 2.24) is 15.5 Å². The molecule has 5 nitrogen and oxygen atoms in total. The minimum atomic E-state index is 0. The van der Waals surface area contributed by atoms with Gasteiger partial charge in [-0.3, -0.25) is 4.79 Å². The van der Waals surface area contributed by atoms with Crippen LogP contribution in [0.2, 0.25) is 0 Å². The standard InChI is InChI=1S/C15H24N4OS.HI/c1-11-9-13(11)18-15(17-10-14(20)19(2)3)16-7-6-12-5-4-8-21-12;/h4-5,8,11,13H,6-7,9-10H2,1-3H3,(H2,16,17,18);1H. The molecule has 124 valence electrons. The highest BCUT2D eigenvalue weighted by Gasteiger charge is 2.33. The summed E-state index contributed by atoms with van der Waals surface area (Å²) < 4.78 is 0. The Morgan fingerprint density at radius 1 is 1.50 bits per heavy atom. The van der Waals surface area contributed by atoms with Gasteiger partial charge in [0.2, 0.25) is 5.91 Å². The van der Waals surface area contributed by atoms with E-state index < -0.39 is 0 Å². The van der Waals surface area contributed by atoms with Gasteiger partial charge in [-0.2, -0.15) is 0 Å². The first kappa shape index (κ1) is 19.2. The molecule has 1 heterocycles. The van der Waals surface area contributed by atoms with Gasteiger partial charge in [-0.25, -0.2) is 4.99 Å². The average Bonchev–Trinajstić information content (AvgIpc) is 2.92. The molecule has 0 radical (unpaired) electrons. The Morgan fingerprint density at radius 3 is 2.77 bits per heavy atom. The van der Waals surface area contributed by atoms with Crippen molar-refractivity contribution < 1.29 is 4.79 Å². The minimum Gasteiger partial charge on any atom is -0.356 e. The Kier molecular flexibility index (Phi) is 8.16. The van der Waals surface area contributed by atoms with Crippen molar-refractivity contribution >= 4 is 47.2 Å². The molecule has 1 aromatic rings. The highest BCUT2D eigenvalue weighted by atomic mass is 127.